The first-order chi connectivity index (χ1) is 7.27. The van der Waals surface area contributed by atoms with Crippen molar-refractivity contribution in [1.82, 2.24) is 14.2 Å². The molecule has 0 spiro atoms. The minimum absolute atomic E-state index is 0.134. The molecule has 3 heterocycles. The van der Waals surface area contributed by atoms with Crippen molar-refractivity contribution < 1.29 is 4.79 Å². The van der Waals surface area contributed by atoms with Gasteiger partial charge in [0.1, 0.15) is 0 Å². The Labute approximate surface area is 92.0 Å². The summed E-state index contributed by atoms with van der Waals surface area (Å²) < 4.78 is 4.11. The topological polar surface area (TPSA) is 36.4 Å². The Hall–Kier alpha value is -1.36. The minimum Gasteiger partial charge on any atom is -0.319 e. The van der Waals surface area contributed by atoms with Gasteiger partial charge in [0, 0.05) is 37.3 Å². The van der Waals surface area contributed by atoms with Gasteiger partial charge in [-0.15, -0.1) is 0 Å². The summed E-state index contributed by atoms with van der Waals surface area (Å²) in [4.78, 5) is 15.4. The second-order valence-corrected chi connectivity index (χ2v) is 4.54. The van der Waals surface area contributed by atoms with E-state index in [1.165, 1.54) is 17.1 Å². The highest BCUT2D eigenvalue weighted by atomic mass is 32.1. The van der Waals surface area contributed by atoms with E-state index >= 15 is 0 Å². The van der Waals surface area contributed by atoms with Crippen LogP contribution in [0, 0.1) is 0 Å². The van der Waals surface area contributed by atoms with E-state index in [4.69, 9.17) is 0 Å². The number of fused-ring (bicyclic) bond motifs is 2. The first-order valence-electron chi connectivity index (χ1n) is 4.89. The van der Waals surface area contributed by atoms with Crippen molar-refractivity contribution in [3.8, 4) is 0 Å². The second kappa shape index (κ2) is 3.06. The third kappa shape index (κ3) is 1.19. The number of urea groups is 1. The minimum atomic E-state index is 0.134. The number of amides is 2. The molecule has 1 saturated heterocycles. The molecule has 1 unspecified atom stereocenters. The molecule has 2 aliphatic heterocycles. The summed E-state index contributed by atoms with van der Waals surface area (Å²) in [6.45, 7) is 1.54. The van der Waals surface area contributed by atoms with E-state index in [1.54, 1.807) is 0 Å². The van der Waals surface area contributed by atoms with Gasteiger partial charge in [-0.05, 0) is 17.1 Å². The second-order valence-electron chi connectivity index (χ2n) is 3.89. The third-order valence-electron chi connectivity index (χ3n) is 3.09. The molecule has 1 fully saturated rings. The Bertz CT molecular complexity index is 426. The van der Waals surface area contributed by atoms with Crippen LogP contribution in [0.15, 0.2) is 17.7 Å². The average Bonchev–Trinajstić information content (AvgIpc) is 2.85. The zero-order valence-corrected chi connectivity index (χ0v) is 9.20. The SMILES string of the molecule is CN1C(=O)N2CC=C(c3cnsc3)C1C2. The molecule has 0 aromatic carbocycles. The molecule has 0 saturated carbocycles. The molecular weight excluding hydrogens is 210 g/mol. The summed E-state index contributed by atoms with van der Waals surface area (Å²) in [6, 6.07) is 0.345. The molecule has 1 aromatic rings. The lowest BCUT2D eigenvalue weighted by atomic mass is 9.99. The third-order valence-corrected chi connectivity index (χ3v) is 3.68. The summed E-state index contributed by atoms with van der Waals surface area (Å²) >= 11 is 1.45. The molecule has 2 aliphatic rings. The molecule has 3 rings (SSSR count). The molecule has 0 N–H and O–H groups in total. The number of nitrogens with zero attached hydrogens (tertiary/aromatic N) is 3. The number of hydrogen-bond acceptors (Lipinski definition) is 3. The van der Waals surface area contributed by atoms with E-state index in [-0.39, 0.29) is 12.1 Å². The van der Waals surface area contributed by atoms with Crippen LogP contribution in [0.25, 0.3) is 5.57 Å². The maximum atomic E-state index is 11.7. The van der Waals surface area contributed by atoms with Crippen molar-refractivity contribution in [3.05, 3.63) is 23.2 Å². The predicted molar refractivity (Wildman–Crippen MR) is 58.6 cm³/mol. The van der Waals surface area contributed by atoms with E-state index in [2.05, 4.69) is 10.4 Å². The Morgan fingerprint density at radius 3 is 3.20 bits per heavy atom. The molecule has 0 radical (unpaired) electrons. The number of rotatable bonds is 1. The van der Waals surface area contributed by atoms with Crippen molar-refractivity contribution in [2.45, 2.75) is 6.04 Å². The highest BCUT2D eigenvalue weighted by molar-refractivity contribution is 7.03. The van der Waals surface area contributed by atoms with Crippen LogP contribution in [0.5, 0.6) is 0 Å². The molecule has 2 amide bonds. The van der Waals surface area contributed by atoms with Crippen molar-refractivity contribution in [2.24, 2.45) is 0 Å². The zero-order chi connectivity index (χ0) is 10.4. The summed E-state index contributed by atoms with van der Waals surface area (Å²) in [7, 11) is 1.87. The average molecular weight is 221 g/mol. The fourth-order valence-corrected chi connectivity index (χ4v) is 2.77. The van der Waals surface area contributed by atoms with Gasteiger partial charge in [0.25, 0.3) is 0 Å². The quantitative estimate of drug-likeness (QED) is 0.716. The first-order valence-corrected chi connectivity index (χ1v) is 5.72. The molecular formula is C10H11N3OS. The van der Waals surface area contributed by atoms with E-state index < -0.39 is 0 Å². The van der Waals surface area contributed by atoms with Crippen LogP contribution in [0.3, 0.4) is 0 Å². The van der Waals surface area contributed by atoms with Crippen molar-refractivity contribution in [1.29, 1.82) is 0 Å². The molecule has 1 aromatic heterocycles. The fourth-order valence-electron chi connectivity index (χ4n) is 2.23. The van der Waals surface area contributed by atoms with Gasteiger partial charge in [0.05, 0.1) is 6.04 Å². The fraction of sp³-hybridized carbons (Fsp3) is 0.400. The number of likely N-dealkylation sites (N-methyl/N-ethyl adjacent to an activating group) is 1. The van der Waals surface area contributed by atoms with Crippen LogP contribution in [-0.4, -0.2) is 46.4 Å². The van der Waals surface area contributed by atoms with E-state index in [0.29, 0.717) is 0 Å². The number of aromatic nitrogens is 1. The monoisotopic (exact) mass is 221 g/mol. The molecule has 5 heteroatoms. The Morgan fingerprint density at radius 1 is 1.60 bits per heavy atom. The van der Waals surface area contributed by atoms with Crippen molar-refractivity contribution in [3.63, 3.8) is 0 Å². The predicted octanol–water partition coefficient (Wildman–Crippen LogP) is 1.28. The van der Waals surface area contributed by atoms with Crippen LogP contribution >= 0.6 is 11.5 Å². The van der Waals surface area contributed by atoms with Crippen LogP contribution in [-0.2, 0) is 0 Å². The van der Waals surface area contributed by atoms with Gasteiger partial charge in [0.15, 0.2) is 0 Å². The highest BCUT2D eigenvalue weighted by Crippen LogP contribution is 2.31. The number of hydrogen-bond donors (Lipinski definition) is 0. The molecule has 78 valence electrons. The van der Waals surface area contributed by atoms with Gasteiger partial charge in [-0.2, -0.15) is 0 Å². The van der Waals surface area contributed by atoms with Gasteiger partial charge in [-0.1, -0.05) is 6.08 Å². The van der Waals surface area contributed by atoms with Gasteiger partial charge < -0.3 is 9.80 Å². The van der Waals surface area contributed by atoms with E-state index in [9.17, 15) is 4.79 Å². The number of carbonyl (C=O) groups is 1. The number of carbonyl (C=O) groups excluding carboxylic acids is 1. The maximum absolute atomic E-state index is 11.7. The van der Waals surface area contributed by atoms with E-state index in [0.717, 1.165) is 18.7 Å². The Balaban J connectivity index is 2.00. The van der Waals surface area contributed by atoms with Crippen LogP contribution in [0.2, 0.25) is 0 Å². The lowest BCUT2D eigenvalue weighted by molar-refractivity contribution is 0.202. The van der Waals surface area contributed by atoms with Crippen LogP contribution < -0.4 is 0 Å². The first kappa shape index (κ1) is 8.91. The normalized spacial score (nSPS) is 24.7. The van der Waals surface area contributed by atoms with Crippen LogP contribution in [0.4, 0.5) is 4.79 Å². The van der Waals surface area contributed by atoms with E-state index in [1.807, 2.05) is 28.4 Å². The largest absolute Gasteiger partial charge is 0.320 e. The van der Waals surface area contributed by atoms with Gasteiger partial charge >= 0.3 is 6.03 Å². The summed E-state index contributed by atoms with van der Waals surface area (Å²) in [6.07, 6.45) is 4.02. The molecule has 15 heavy (non-hydrogen) atoms. The van der Waals surface area contributed by atoms with Gasteiger partial charge in [-0.3, -0.25) is 0 Å². The van der Waals surface area contributed by atoms with Crippen molar-refractivity contribution >= 4 is 23.1 Å². The zero-order valence-electron chi connectivity index (χ0n) is 8.38. The highest BCUT2D eigenvalue weighted by Gasteiger charge is 2.39. The Morgan fingerprint density at radius 2 is 2.47 bits per heavy atom. The summed E-state index contributed by atoms with van der Waals surface area (Å²) in [5.74, 6) is 0. The van der Waals surface area contributed by atoms with Crippen molar-refractivity contribution in [2.75, 3.05) is 20.1 Å². The van der Waals surface area contributed by atoms with Crippen LogP contribution in [0.1, 0.15) is 5.56 Å². The summed E-state index contributed by atoms with van der Waals surface area (Å²) in [5, 5.41) is 2.04. The molecule has 1 atom stereocenters. The summed E-state index contributed by atoms with van der Waals surface area (Å²) in [5.41, 5.74) is 2.40. The molecule has 2 bridgehead atoms. The van der Waals surface area contributed by atoms with Gasteiger partial charge in [-0.25, -0.2) is 9.17 Å². The lowest BCUT2D eigenvalue weighted by Gasteiger charge is -2.22. The standard InChI is InChI=1S/C10H11N3OS/c1-12-9-5-13(10(12)14)3-2-8(9)7-4-11-15-6-7/h2,4,6,9H,3,5H2,1H3. The molecule has 0 aliphatic carbocycles. The lowest BCUT2D eigenvalue weighted by Crippen LogP contribution is -2.30. The van der Waals surface area contributed by atoms with Gasteiger partial charge in [0.2, 0.25) is 0 Å². The molecule has 4 nitrogen and oxygen atoms in total. The Kier molecular flexibility index (Phi) is 1.82. The maximum Gasteiger partial charge on any atom is 0.320 e. The smallest absolute Gasteiger partial charge is 0.319 e.